The number of nitrogens with zero attached hydrogens (tertiary/aromatic N) is 3. The molecule has 0 saturated heterocycles. The van der Waals surface area contributed by atoms with E-state index in [1.165, 1.54) is 0 Å². The number of fused-ring (bicyclic) bond motifs is 1. The van der Waals surface area contributed by atoms with E-state index in [-0.39, 0.29) is 5.91 Å². The first-order valence-corrected chi connectivity index (χ1v) is 7.61. The molecule has 24 heavy (non-hydrogen) atoms. The third-order valence-corrected chi connectivity index (χ3v) is 3.73. The molecule has 0 aliphatic heterocycles. The molecule has 0 bridgehead atoms. The molecule has 2 aromatic carbocycles. The number of rotatable bonds is 4. The summed E-state index contributed by atoms with van der Waals surface area (Å²) in [5.74, 6) is 0.581. The lowest BCUT2D eigenvalue weighted by Gasteiger charge is -2.06. The second-order valence-electron chi connectivity index (χ2n) is 5.38. The molecule has 0 unspecified atom stereocenters. The zero-order valence-electron chi connectivity index (χ0n) is 12.8. The molecule has 1 amide bonds. The first-order valence-electron chi connectivity index (χ1n) is 7.61. The molecule has 2 N–H and O–H groups in total. The molecule has 118 valence electrons. The van der Waals surface area contributed by atoms with E-state index in [2.05, 4.69) is 20.4 Å². The van der Waals surface area contributed by atoms with Crippen molar-refractivity contribution < 1.29 is 4.79 Å². The largest absolute Gasteiger partial charge is 0.345 e. The number of hydrogen-bond donors (Lipinski definition) is 2. The maximum Gasteiger partial charge on any atom is 0.251 e. The van der Waals surface area contributed by atoms with E-state index in [9.17, 15) is 4.79 Å². The van der Waals surface area contributed by atoms with Gasteiger partial charge in [-0.15, -0.1) is 0 Å². The van der Waals surface area contributed by atoms with Crippen molar-refractivity contribution in [3.05, 3.63) is 78.4 Å². The smallest absolute Gasteiger partial charge is 0.251 e. The van der Waals surface area contributed by atoms with Crippen molar-refractivity contribution >= 4 is 16.9 Å². The van der Waals surface area contributed by atoms with Gasteiger partial charge in [-0.05, 0) is 36.4 Å². The molecule has 0 radical (unpaired) electrons. The topological polar surface area (TPSA) is 75.6 Å². The van der Waals surface area contributed by atoms with Crippen LogP contribution in [-0.2, 0) is 6.54 Å². The Morgan fingerprint density at radius 3 is 2.88 bits per heavy atom. The van der Waals surface area contributed by atoms with Crippen molar-refractivity contribution in [1.29, 1.82) is 0 Å². The van der Waals surface area contributed by atoms with Gasteiger partial charge in [-0.3, -0.25) is 4.79 Å². The van der Waals surface area contributed by atoms with Gasteiger partial charge in [0.25, 0.3) is 5.91 Å². The van der Waals surface area contributed by atoms with E-state index < -0.39 is 0 Å². The summed E-state index contributed by atoms with van der Waals surface area (Å²) in [6.45, 7) is 0.347. The Bertz CT molecular complexity index is 955. The highest BCUT2D eigenvalue weighted by atomic mass is 16.1. The Kier molecular flexibility index (Phi) is 3.55. The second kappa shape index (κ2) is 6.00. The molecule has 2 heterocycles. The van der Waals surface area contributed by atoms with Crippen LogP contribution in [0.2, 0.25) is 0 Å². The first-order chi connectivity index (χ1) is 11.8. The summed E-state index contributed by atoms with van der Waals surface area (Å²) in [7, 11) is 0. The van der Waals surface area contributed by atoms with Gasteiger partial charge in [0.1, 0.15) is 5.82 Å². The number of carbonyl (C=O) groups excluding carboxylic acids is 1. The van der Waals surface area contributed by atoms with Crippen LogP contribution in [0.3, 0.4) is 0 Å². The van der Waals surface area contributed by atoms with Crippen molar-refractivity contribution in [3.8, 4) is 5.69 Å². The van der Waals surface area contributed by atoms with E-state index in [0.29, 0.717) is 12.1 Å². The fourth-order valence-corrected chi connectivity index (χ4v) is 2.57. The number of H-pyrrole nitrogens is 1. The van der Waals surface area contributed by atoms with E-state index in [4.69, 9.17) is 0 Å². The van der Waals surface area contributed by atoms with Crippen LogP contribution in [0.5, 0.6) is 0 Å². The molecule has 0 fully saturated rings. The Morgan fingerprint density at radius 1 is 1.12 bits per heavy atom. The average molecular weight is 317 g/mol. The quantitative estimate of drug-likeness (QED) is 0.607. The van der Waals surface area contributed by atoms with Gasteiger partial charge >= 0.3 is 0 Å². The maximum atomic E-state index is 12.4. The Labute approximate surface area is 138 Å². The number of benzene rings is 2. The van der Waals surface area contributed by atoms with E-state index in [1.807, 2.05) is 48.7 Å². The Hall–Kier alpha value is -3.41. The fraction of sp³-hybridized carbons (Fsp3) is 0.0556. The number of aromatic amines is 1. The molecule has 0 atom stereocenters. The number of para-hydroxylation sites is 2. The van der Waals surface area contributed by atoms with Crippen LogP contribution in [0.15, 0.2) is 67.0 Å². The van der Waals surface area contributed by atoms with Crippen molar-refractivity contribution in [1.82, 2.24) is 25.1 Å². The summed E-state index contributed by atoms with van der Waals surface area (Å²) in [5.41, 5.74) is 3.28. The number of aromatic nitrogens is 4. The summed E-state index contributed by atoms with van der Waals surface area (Å²) >= 11 is 0. The molecule has 2 aromatic heterocycles. The summed E-state index contributed by atoms with van der Waals surface area (Å²) in [6.07, 6.45) is 3.54. The average Bonchev–Trinajstić information content (AvgIpc) is 3.29. The number of amides is 1. The molecule has 6 heteroatoms. The maximum absolute atomic E-state index is 12.4. The van der Waals surface area contributed by atoms with E-state index in [0.717, 1.165) is 22.5 Å². The van der Waals surface area contributed by atoms with Crippen molar-refractivity contribution in [2.75, 3.05) is 0 Å². The summed E-state index contributed by atoms with van der Waals surface area (Å²) in [5, 5.41) is 7.06. The Morgan fingerprint density at radius 2 is 2.04 bits per heavy atom. The molecule has 4 aromatic rings. The normalized spacial score (nSPS) is 10.8. The fourth-order valence-electron chi connectivity index (χ4n) is 2.57. The van der Waals surface area contributed by atoms with Crippen LogP contribution in [-0.4, -0.2) is 25.7 Å². The van der Waals surface area contributed by atoms with Crippen molar-refractivity contribution in [3.63, 3.8) is 0 Å². The van der Waals surface area contributed by atoms with Crippen LogP contribution in [0.1, 0.15) is 16.2 Å². The lowest BCUT2D eigenvalue weighted by Crippen LogP contribution is -2.23. The van der Waals surface area contributed by atoms with Gasteiger partial charge in [0.15, 0.2) is 0 Å². The molecular formula is C18H15N5O. The number of nitrogens with one attached hydrogen (secondary N) is 2. The number of imidazole rings is 1. The number of hydrogen-bond acceptors (Lipinski definition) is 3. The van der Waals surface area contributed by atoms with Gasteiger partial charge in [-0.25, -0.2) is 9.67 Å². The van der Waals surface area contributed by atoms with Gasteiger partial charge < -0.3 is 10.3 Å². The van der Waals surface area contributed by atoms with Crippen LogP contribution in [0, 0.1) is 0 Å². The third kappa shape index (κ3) is 2.77. The molecule has 0 aliphatic rings. The molecule has 0 aliphatic carbocycles. The first kappa shape index (κ1) is 14.2. The van der Waals surface area contributed by atoms with E-state index in [1.54, 1.807) is 23.0 Å². The van der Waals surface area contributed by atoms with Gasteiger partial charge in [0, 0.05) is 18.0 Å². The lowest BCUT2D eigenvalue weighted by molar-refractivity contribution is 0.0950. The predicted molar refractivity (Wildman–Crippen MR) is 90.8 cm³/mol. The Balaban J connectivity index is 1.49. The summed E-state index contributed by atoms with van der Waals surface area (Å²) in [6, 6.07) is 17.0. The van der Waals surface area contributed by atoms with E-state index >= 15 is 0 Å². The van der Waals surface area contributed by atoms with Crippen molar-refractivity contribution in [2.24, 2.45) is 0 Å². The standard InChI is InChI=1S/C18H15N5O/c24-18(13-5-3-6-14(11-13)23-10-4-9-20-23)19-12-17-21-15-7-1-2-8-16(15)22-17/h1-11H,12H2,(H,19,24)(H,21,22). The minimum atomic E-state index is -0.149. The molecule has 0 saturated carbocycles. The summed E-state index contributed by atoms with van der Waals surface area (Å²) in [4.78, 5) is 20.0. The van der Waals surface area contributed by atoms with Crippen LogP contribution in [0.4, 0.5) is 0 Å². The second-order valence-corrected chi connectivity index (χ2v) is 5.38. The highest BCUT2D eigenvalue weighted by molar-refractivity contribution is 5.94. The highest BCUT2D eigenvalue weighted by Gasteiger charge is 2.08. The zero-order chi connectivity index (χ0) is 16.4. The lowest BCUT2D eigenvalue weighted by atomic mass is 10.2. The van der Waals surface area contributed by atoms with Gasteiger partial charge in [-0.2, -0.15) is 5.10 Å². The van der Waals surface area contributed by atoms with Crippen LogP contribution >= 0.6 is 0 Å². The van der Waals surface area contributed by atoms with Gasteiger partial charge in [0.05, 0.1) is 23.3 Å². The molecule has 6 nitrogen and oxygen atoms in total. The van der Waals surface area contributed by atoms with Crippen LogP contribution in [0.25, 0.3) is 16.7 Å². The minimum Gasteiger partial charge on any atom is -0.345 e. The van der Waals surface area contributed by atoms with Gasteiger partial charge in [0.2, 0.25) is 0 Å². The summed E-state index contributed by atoms with van der Waals surface area (Å²) < 4.78 is 1.72. The van der Waals surface area contributed by atoms with Crippen molar-refractivity contribution in [2.45, 2.75) is 6.54 Å². The third-order valence-electron chi connectivity index (χ3n) is 3.73. The molecule has 0 spiro atoms. The molecular weight excluding hydrogens is 302 g/mol. The monoisotopic (exact) mass is 317 g/mol. The number of carbonyl (C=O) groups is 1. The predicted octanol–water partition coefficient (Wildman–Crippen LogP) is 2.68. The minimum absolute atomic E-state index is 0.149. The SMILES string of the molecule is O=C(NCc1nc2ccccc2[nH]1)c1cccc(-n2cccn2)c1. The van der Waals surface area contributed by atoms with Gasteiger partial charge in [-0.1, -0.05) is 18.2 Å². The molecule has 4 rings (SSSR count). The highest BCUT2D eigenvalue weighted by Crippen LogP contribution is 2.11. The van der Waals surface area contributed by atoms with Crippen LogP contribution < -0.4 is 5.32 Å². The zero-order valence-corrected chi connectivity index (χ0v) is 12.8.